The highest BCUT2D eigenvalue weighted by Crippen LogP contribution is 2.51. The van der Waals surface area contributed by atoms with Crippen molar-refractivity contribution in [1.82, 2.24) is 9.78 Å². The maximum atomic E-state index is 13.0. The van der Waals surface area contributed by atoms with Crippen molar-refractivity contribution in [3.8, 4) is 0 Å². The second-order valence-electron chi connectivity index (χ2n) is 5.40. The van der Waals surface area contributed by atoms with E-state index in [2.05, 4.69) is 10.4 Å². The van der Waals surface area contributed by atoms with Crippen molar-refractivity contribution >= 4 is 11.7 Å². The second-order valence-corrected chi connectivity index (χ2v) is 5.40. The zero-order valence-corrected chi connectivity index (χ0v) is 11.8. The van der Waals surface area contributed by atoms with E-state index in [1.807, 2.05) is 0 Å². The van der Waals surface area contributed by atoms with E-state index >= 15 is 0 Å². The predicted octanol–water partition coefficient (Wildman–Crippen LogP) is 3.18. The molecular formula is C15H14F3N3O. The first-order valence-corrected chi connectivity index (χ1v) is 6.83. The van der Waals surface area contributed by atoms with Crippen LogP contribution < -0.4 is 5.32 Å². The first-order chi connectivity index (χ1) is 10.4. The Morgan fingerprint density at radius 3 is 2.68 bits per heavy atom. The van der Waals surface area contributed by atoms with Crippen LogP contribution in [0.2, 0.25) is 0 Å². The summed E-state index contributed by atoms with van der Waals surface area (Å²) in [6, 6.07) is 7.07. The SMILES string of the molecule is Cn1ccc(NC(=O)C2CC2c2ccccc2C(F)(F)F)n1. The van der Waals surface area contributed by atoms with Crippen LogP contribution in [0.5, 0.6) is 0 Å². The molecule has 2 unspecified atom stereocenters. The van der Waals surface area contributed by atoms with Gasteiger partial charge in [-0.1, -0.05) is 18.2 Å². The minimum Gasteiger partial charge on any atom is -0.309 e. The quantitative estimate of drug-likeness (QED) is 0.946. The number of halogens is 3. The molecule has 2 atom stereocenters. The molecule has 0 radical (unpaired) electrons. The molecule has 0 spiro atoms. The monoisotopic (exact) mass is 309 g/mol. The summed E-state index contributed by atoms with van der Waals surface area (Å²) < 4.78 is 40.5. The van der Waals surface area contributed by atoms with Crippen LogP contribution in [0.4, 0.5) is 19.0 Å². The summed E-state index contributed by atoms with van der Waals surface area (Å²) in [5.74, 6) is -0.713. The summed E-state index contributed by atoms with van der Waals surface area (Å²) in [4.78, 5) is 12.1. The summed E-state index contributed by atoms with van der Waals surface area (Å²) >= 11 is 0. The van der Waals surface area contributed by atoms with Gasteiger partial charge < -0.3 is 5.32 Å². The lowest BCUT2D eigenvalue weighted by Gasteiger charge is -2.12. The van der Waals surface area contributed by atoms with E-state index in [4.69, 9.17) is 0 Å². The van der Waals surface area contributed by atoms with Crippen LogP contribution in [0, 0.1) is 5.92 Å². The Morgan fingerprint density at radius 1 is 1.32 bits per heavy atom. The van der Waals surface area contributed by atoms with Gasteiger partial charge in [0.2, 0.25) is 5.91 Å². The number of rotatable bonds is 3. The summed E-state index contributed by atoms with van der Waals surface area (Å²) in [5.41, 5.74) is -0.468. The van der Waals surface area contributed by atoms with E-state index in [0.717, 1.165) is 6.07 Å². The molecule has 1 saturated carbocycles. The number of carbonyl (C=O) groups excluding carboxylic acids is 1. The predicted molar refractivity (Wildman–Crippen MR) is 74.1 cm³/mol. The molecule has 0 aliphatic heterocycles. The fraction of sp³-hybridized carbons (Fsp3) is 0.333. The van der Waals surface area contributed by atoms with Gasteiger partial charge >= 0.3 is 6.18 Å². The molecule has 1 heterocycles. The highest BCUT2D eigenvalue weighted by Gasteiger charge is 2.47. The third-order valence-electron chi connectivity index (χ3n) is 3.76. The van der Waals surface area contributed by atoms with E-state index in [9.17, 15) is 18.0 Å². The standard InChI is InChI=1S/C15H14F3N3O/c1-21-7-6-13(20-21)19-14(22)11-8-10(11)9-4-2-3-5-12(9)15(16,17)18/h2-7,10-11H,8H2,1H3,(H,19,20,22). The average Bonchev–Trinajstić information content (AvgIpc) is 3.15. The minimum atomic E-state index is -4.40. The van der Waals surface area contributed by atoms with Crippen LogP contribution in [0.1, 0.15) is 23.5 Å². The van der Waals surface area contributed by atoms with E-state index in [-0.39, 0.29) is 17.4 Å². The summed E-state index contributed by atoms with van der Waals surface area (Å²) in [5, 5.41) is 6.65. The number of aromatic nitrogens is 2. The fourth-order valence-electron chi connectivity index (χ4n) is 2.61. The van der Waals surface area contributed by atoms with Crippen LogP contribution in [0.3, 0.4) is 0 Å². The summed E-state index contributed by atoms with van der Waals surface area (Å²) in [6.07, 6.45) is -2.30. The maximum absolute atomic E-state index is 13.0. The Balaban J connectivity index is 1.73. The number of nitrogens with one attached hydrogen (secondary N) is 1. The van der Waals surface area contributed by atoms with Gasteiger partial charge in [-0.05, 0) is 24.0 Å². The van der Waals surface area contributed by atoms with Crippen molar-refractivity contribution in [3.63, 3.8) is 0 Å². The van der Waals surface area contributed by atoms with Gasteiger partial charge in [-0.15, -0.1) is 0 Å². The zero-order valence-electron chi connectivity index (χ0n) is 11.8. The van der Waals surface area contributed by atoms with E-state index in [0.29, 0.717) is 12.2 Å². The number of carbonyl (C=O) groups is 1. The minimum absolute atomic E-state index is 0.191. The van der Waals surface area contributed by atoms with Crippen LogP contribution in [-0.4, -0.2) is 15.7 Å². The molecule has 1 fully saturated rings. The molecule has 2 aromatic rings. The number of anilines is 1. The normalized spacial score (nSPS) is 20.7. The van der Waals surface area contributed by atoms with Crippen LogP contribution in [-0.2, 0) is 18.0 Å². The molecule has 3 rings (SSSR count). The second kappa shape index (κ2) is 5.15. The van der Waals surface area contributed by atoms with Gasteiger partial charge in [-0.3, -0.25) is 9.48 Å². The van der Waals surface area contributed by atoms with Gasteiger partial charge in [-0.25, -0.2) is 0 Å². The third kappa shape index (κ3) is 2.84. The van der Waals surface area contributed by atoms with Crippen LogP contribution in [0.15, 0.2) is 36.5 Å². The number of hydrogen-bond acceptors (Lipinski definition) is 2. The van der Waals surface area contributed by atoms with Gasteiger partial charge in [-0.2, -0.15) is 18.3 Å². The number of nitrogens with zero attached hydrogens (tertiary/aromatic N) is 2. The van der Waals surface area contributed by atoms with Gasteiger partial charge in [0, 0.05) is 25.2 Å². The molecule has 4 nitrogen and oxygen atoms in total. The molecular weight excluding hydrogens is 295 g/mol. The number of aryl methyl sites for hydroxylation is 1. The van der Waals surface area contributed by atoms with E-state index in [1.165, 1.54) is 12.1 Å². The number of hydrogen-bond donors (Lipinski definition) is 1. The van der Waals surface area contributed by atoms with Gasteiger partial charge in [0.1, 0.15) is 0 Å². The zero-order chi connectivity index (χ0) is 15.9. The largest absolute Gasteiger partial charge is 0.416 e. The first-order valence-electron chi connectivity index (χ1n) is 6.83. The Bertz CT molecular complexity index is 708. The Hall–Kier alpha value is -2.31. The van der Waals surface area contributed by atoms with Crippen molar-refractivity contribution in [3.05, 3.63) is 47.7 Å². The Kier molecular flexibility index (Phi) is 3.42. The topological polar surface area (TPSA) is 46.9 Å². The van der Waals surface area contributed by atoms with Gasteiger partial charge in [0.25, 0.3) is 0 Å². The van der Waals surface area contributed by atoms with Crippen molar-refractivity contribution in [2.45, 2.75) is 18.5 Å². The highest BCUT2D eigenvalue weighted by atomic mass is 19.4. The number of benzene rings is 1. The average molecular weight is 309 g/mol. The molecule has 0 bridgehead atoms. The molecule has 1 N–H and O–H groups in total. The molecule has 1 aromatic heterocycles. The van der Waals surface area contributed by atoms with Crippen LogP contribution >= 0.6 is 0 Å². The van der Waals surface area contributed by atoms with Gasteiger partial charge in [0.15, 0.2) is 5.82 Å². The highest BCUT2D eigenvalue weighted by molar-refractivity contribution is 5.94. The van der Waals surface area contributed by atoms with Crippen molar-refractivity contribution in [2.24, 2.45) is 13.0 Å². The van der Waals surface area contributed by atoms with E-state index in [1.54, 1.807) is 30.1 Å². The molecule has 22 heavy (non-hydrogen) atoms. The third-order valence-corrected chi connectivity index (χ3v) is 3.76. The number of alkyl halides is 3. The lowest BCUT2D eigenvalue weighted by atomic mass is 10.0. The molecule has 116 valence electrons. The molecule has 0 saturated heterocycles. The molecule has 1 amide bonds. The smallest absolute Gasteiger partial charge is 0.309 e. The summed E-state index contributed by atoms with van der Waals surface area (Å²) in [7, 11) is 1.72. The van der Waals surface area contributed by atoms with Crippen molar-refractivity contribution in [1.29, 1.82) is 0 Å². The van der Waals surface area contributed by atoms with Gasteiger partial charge in [0.05, 0.1) is 5.56 Å². The lowest BCUT2D eigenvalue weighted by Crippen LogP contribution is -2.16. The Morgan fingerprint density at radius 2 is 2.05 bits per heavy atom. The first kappa shape index (κ1) is 14.6. The lowest BCUT2D eigenvalue weighted by molar-refractivity contribution is -0.138. The van der Waals surface area contributed by atoms with Crippen molar-refractivity contribution in [2.75, 3.05) is 5.32 Å². The molecule has 1 aliphatic rings. The fourth-order valence-corrected chi connectivity index (χ4v) is 2.61. The molecule has 1 aliphatic carbocycles. The maximum Gasteiger partial charge on any atom is 0.416 e. The summed E-state index contributed by atoms with van der Waals surface area (Å²) in [6.45, 7) is 0. The van der Waals surface area contributed by atoms with Crippen molar-refractivity contribution < 1.29 is 18.0 Å². The molecule has 7 heteroatoms. The molecule has 1 aromatic carbocycles. The van der Waals surface area contributed by atoms with E-state index < -0.39 is 17.7 Å². The Labute approximate surface area is 124 Å². The number of amides is 1. The van der Waals surface area contributed by atoms with Crippen LogP contribution in [0.25, 0.3) is 0 Å².